The van der Waals surface area contributed by atoms with Gasteiger partial charge in [-0.05, 0) is 43.5 Å². The lowest BCUT2D eigenvalue weighted by Gasteiger charge is -2.21. The first-order chi connectivity index (χ1) is 8.70. The van der Waals surface area contributed by atoms with Gasteiger partial charge >= 0.3 is 0 Å². The highest BCUT2D eigenvalue weighted by Gasteiger charge is 2.28. The Labute approximate surface area is 114 Å². The molecule has 0 bridgehead atoms. The van der Waals surface area contributed by atoms with Gasteiger partial charge in [0.15, 0.2) is 0 Å². The van der Waals surface area contributed by atoms with Gasteiger partial charge in [0.25, 0.3) is 0 Å². The van der Waals surface area contributed by atoms with Crippen LogP contribution in [0.25, 0.3) is 0 Å². The minimum absolute atomic E-state index is 0.378. The summed E-state index contributed by atoms with van der Waals surface area (Å²) in [4.78, 5) is 7.13. The van der Waals surface area contributed by atoms with Gasteiger partial charge in [0.05, 0.1) is 5.69 Å². The van der Waals surface area contributed by atoms with Crippen LogP contribution < -0.4 is 5.73 Å². The molecule has 2 N–H and O–H groups in total. The number of nitrogens with zero attached hydrogens (tertiary/aromatic N) is 2. The second kappa shape index (κ2) is 6.25. The maximum atomic E-state index is 5.62. The summed E-state index contributed by atoms with van der Waals surface area (Å²) in [5.41, 5.74) is 7.61. The van der Waals surface area contributed by atoms with Crippen LogP contribution in [-0.2, 0) is 6.54 Å². The predicted molar refractivity (Wildman–Crippen MR) is 78.5 cm³/mol. The molecular weight excluding hydrogens is 242 g/mol. The zero-order valence-electron chi connectivity index (χ0n) is 10.9. The average Bonchev–Trinajstić information content (AvgIpc) is 3.19. The summed E-state index contributed by atoms with van der Waals surface area (Å²) < 4.78 is 0. The van der Waals surface area contributed by atoms with Gasteiger partial charge in [0.1, 0.15) is 4.99 Å². The van der Waals surface area contributed by atoms with Gasteiger partial charge in [0, 0.05) is 18.8 Å². The molecule has 0 unspecified atom stereocenters. The number of aromatic nitrogens is 1. The zero-order valence-corrected chi connectivity index (χ0v) is 11.7. The molecule has 1 aromatic rings. The number of rotatable bonds is 7. The van der Waals surface area contributed by atoms with Crippen molar-refractivity contribution < 1.29 is 0 Å². The van der Waals surface area contributed by atoms with Crippen LogP contribution in [0.15, 0.2) is 18.3 Å². The first-order valence-electron chi connectivity index (χ1n) is 6.69. The highest BCUT2D eigenvalue weighted by atomic mass is 32.1. The monoisotopic (exact) mass is 263 g/mol. The van der Waals surface area contributed by atoms with Gasteiger partial charge in [-0.3, -0.25) is 9.88 Å². The first-order valence-corrected chi connectivity index (χ1v) is 7.10. The molecule has 1 fully saturated rings. The third-order valence-corrected chi connectivity index (χ3v) is 3.53. The second-order valence-corrected chi connectivity index (χ2v) is 5.41. The molecule has 1 saturated carbocycles. The van der Waals surface area contributed by atoms with E-state index in [0.29, 0.717) is 4.99 Å². The van der Waals surface area contributed by atoms with Crippen molar-refractivity contribution in [1.82, 2.24) is 9.88 Å². The fourth-order valence-corrected chi connectivity index (χ4v) is 2.25. The van der Waals surface area contributed by atoms with Crippen LogP contribution in [0, 0.1) is 0 Å². The number of unbranched alkanes of at least 4 members (excludes halogenated alkanes) is 1. The predicted octanol–water partition coefficient (Wildman–Crippen LogP) is 2.48. The Balaban J connectivity index is 2.01. The summed E-state index contributed by atoms with van der Waals surface area (Å²) in [5, 5.41) is 0. The van der Waals surface area contributed by atoms with Crippen molar-refractivity contribution in [2.75, 3.05) is 6.54 Å². The standard InChI is InChI=1S/C14H21N3S/c1-2-3-8-17(12-4-5-12)10-11-6-7-16-13(9-11)14(15)18/h6-7,9,12H,2-5,8,10H2,1H3,(H2,15,18). The van der Waals surface area contributed by atoms with Gasteiger partial charge in [0.2, 0.25) is 0 Å². The van der Waals surface area contributed by atoms with Crippen molar-refractivity contribution in [1.29, 1.82) is 0 Å². The molecule has 1 aliphatic rings. The van der Waals surface area contributed by atoms with E-state index < -0.39 is 0 Å². The lowest BCUT2D eigenvalue weighted by molar-refractivity contribution is 0.250. The van der Waals surface area contributed by atoms with Crippen LogP contribution in [0.3, 0.4) is 0 Å². The molecule has 0 atom stereocenters. The lowest BCUT2D eigenvalue weighted by atomic mass is 10.2. The van der Waals surface area contributed by atoms with E-state index in [2.05, 4.69) is 22.9 Å². The molecule has 4 heteroatoms. The second-order valence-electron chi connectivity index (χ2n) is 4.97. The first kappa shape index (κ1) is 13.4. The molecule has 1 aliphatic carbocycles. The third kappa shape index (κ3) is 3.75. The summed E-state index contributed by atoms with van der Waals surface area (Å²) in [6.07, 6.45) is 7.00. The third-order valence-electron chi connectivity index (χ3n) is 3.32. The van der Waals surface area contributed by atoms with Crippen molar-refractivity contribution in [3.05, 3.63) is 29.6 Å². The van der Waals surface area contributed by atoms with Crippen LogP contribution in [0.4, 0.5) is 0 Å². The van der Waals surface area contributed by atoms with Crippen molar-refractivity contribution in [2.45, 2.75) is 45.2 Å². The number of thiocarbonyl (C=S) groups is 1. The Morgan fingerprint density at radius 1 is 1.56 bits per heavy atom. The van der Waals surface area contributed by atoms with E-state index in [9.17, 15) is 0 Å². The molecule has 0 saturated heterocycles. The number of hydrogen-bond donors (Lipinski definition) is 1. The van der Waals surface area contributed by atoms with Gasteiger partial charge in [-0.15, -0.1) is 0 Å². The van der Waals surface area contributed by atoms with Gasteiger partial charge in [-0.25, -0.2) is 0 Å². The molecule has 0 aromatic carbocycles. The van der Waals surface area contributed by atoms with Crippen LogP contribution in [0.1, 0.15) is 43.9 Å². The highest BCUT2D eigenvalue weighted by Crippen LogP contribution is 2.28. The number of nitrogens with two attached hydrogens (primary N) is 1. The summed E-state index contributed by atoms with van der Waals surface area (Å²) in [7, 11) is 0. The minimum Gasteiger partial charge on any atom is -0.388 e. The van der Waals surface area contributed by atoms with E-state index in [1.807, 2.05) is 6.07 Å². The van der Waals surface area contributed by atoms with E-state index in [4.69, 9.17) is 18.0 Å². The molecule has 0 radical (unpaired) electrons. The molecule has 98 valence electrons. The lowest BCUT2D eigenvalue weighted by Crippen LogP contribution is -2.27. The Kier molecular flexibility index (Phi) is 4.66. The zero-order chi connectivity index (χ0) is 13.0. The topological polar surface area (TPSA) is 42.2 Å². The summed E-state index contributed by atoms with van der Waals surface area (Å²) in [6, 6.07) is 4.87. The SMILES string of the molecule is CCCCN(Cc1ccnc(C(N)=S)c1)C1CC1. The van der Waals surface area contributed by atoms with Gasteiger partial charge in [-0.1, -0.05) is 25.6 Å². The molecular formula is C14H21N3S. The maximum Gasteiger partial charge on any atom is 0.122 e. The molecule has 0 spiro atoms. The normalized spacial score (nSPS) is 15.0. The number of hydrogen-bond acceptors (Lipinski definition) is 3. The van der Waals surface area contributed by atoms with Gasteiger partial charge < -0.3 is 5.73 Å². The van der Waals surface area contributed by atoms with Crippen molar-refractivity contribution in [2.24, 2.45) is 5.73 Å². The van der Waals surface area contributed by atoms with Gasteiger partial charge in [-0.2, -0.15) is 0 Å². The van der Waals surface area contributed by atoms with E-state index in [1.165, 1.54) is 37.8 Å². The Morgan fingerprint density at radius 3 is 2.94 bits per heavy atom. The summed E-state index contributed by atoms with van der Waals surface area (Å²) in [6.45, 7) is 4.41. The largest absolute Gasteiger partial charge is 0.388 e. The molecule has 2 rings (SSSR count). The Bertz CT molecular complexity index is 415. The van der Waals surface area contributed by atoms with Crippen molar-refractivity contribution >= 4 is 17.2 Å². The fraction of sp³-hybridized carbons (Fsp3) is 0.571. The highest BCUT2D eigenvalue weighted by molar-refractivity contribution is 7.80. The van der Waals surface area contributed by atoms with E-state index in [0.717, 1.165) is 18.3 Å². The molecule has 18 heavy (non-hydrogen) atoms. The van der Waals surface area contributed by atoms with Crippen LogP contribution in [-0.4, -0.2) is 27.5 Å². The van der Waals surface area contributed by atoms with E-state index in [1.54, 1.807) is 6.20 Å². The van der Waals surface area contributed by atoms with Crippen LogP contribution in [0.2, 0.25) is 0 Å². The van der Waals surface area contributed by atoms with Crippen LogP contribution >= 0.6 is 12.2 Å². The van der Waals surface area contributed by atoms with E-state index in [-0.39, 0.29) is 0 Å². The Morgan fingerprint density at radius 2 is 2.33 bits per heavy atom. The Hall–Kier alpha value is -1.00. The summed E-state index contributed by atoms with van der Waals surface area (Å²) >= 11 is 4.97. The maximum absolute atomic E-state index is 5.62. The van der Waals surface area contributed by atoms with Crippen LogP contribution in [0.5, 0.6) is 0 Å². The van der Waals surface area contributed by atoms with Crippen molar-refractivity contribution in [3.63, 3.8) is 0 Å². The quantitative estimate of drug-likeness (QED) is 0.767. The van der Waals surface area contributed by atoms with Crippen molar-refractivity contribution in [3.8, 4) is 0 Å². The fourth-order valence-electron chi connectivity index (χ4n) is 2.13. The smallest absolute Gasteiger partial charge is 0.122 e. The molecule has 1 heterocycles. The number of pyridine rings is 1. The summed E-state index contributed by atoms with van der Waals surface area (Å²) in [5.74, 6) is 0. The van der Waals surface area contributed by atoms with E-state index >= 15 is 0 Å². The molecule has 0 aliphatic heterocycles. The molecule has 3 nitrogen and oxygen atoms in total. The molecule has 1 aromatic heterocycles. The average molecular weight is 263 g/mol. The molecule has 0 amide bonds. The minimum atomic E-state index is 0.378.